The van der Waals surface area contributed by atoms with Gasteiger partial charge in [0.15, 0.2) is 10.8 Å². The molecular weight excluding hydrogens is 498 g/mol. The van der Waals surface area contributed by atoms with Crippen molar-refractivity contribution >= 4 is 34.4 Å². The number of fused-ring (bicyclic) bond motifs is 2. The normalized spacial score (nSPS) is 14.4. The van der Waals surface area contributed by atoms with Crippen molar-refractivity contribution in [1.82, 2.24) is 19.3 Å². The van der Waals surface area contributed by atoms with Gasteiger partial charge in [0.05, 0.1) is 17.9 Å². The van der Waals surface area contributed by atoms with E-state index in [1.54, 1.807) is 27.6 Å². The molecule has 1 N–H and O–H groups in total. The van der Waals surface area contributed by atoms with Gasteiger partial charge in [-0.15, -0.1) is 0 Å². The minimum absolute atomic E-state index is 0.167. The molecule has 1 unspecified atom stereocenters. The minimum Gasteiger partial charge on any atom is -0.457 e. The fraction of sp³-hybridized carbons (Fsp3) is 0.172. The highest BCUT2D eigenvalue weighted by atomic mass is 32.2. The molecule has 0 radical (unpaired) electrons. The Balaban J connectivity index is 1.18. The number of aryl methyl sites for hydroxylation is 2. The number of carbonyl (C=O) groups is 1. The highest BCUT2D eigenvalue weighted by molar-refractivity contribution is 7.99. The first-order valence-corrected chi connectivity index (χ1v) is 13.3. The quantitative estimate of drug-likeness (QED) is 0.289. The number of aromatic nitrogens is 4. The summed E-state index contributed by atoms with van der Waals surface area (Å²) in [6.07, 6.45) is 1.73. The molecule has 0 bridgehead atoms. The van der Waals surface area contributed by atoms with Crippen molar-refractivity contribution in [2.75, 3.05) is 11.1 Å². The van der Waals surface area contributed by atoms with Gasteiger partial charge in [-0.2, -0.15) is 5.10 Å². The first-order valence-electron chi connectivity index (χ1n) is 12.3. The largest absolute Gasteiger partial charge is 0.457 e. The average molecular weight is 524 g/mol. The molecule has 0 saturated carbocycles. The standard InChI is InChI=1S/C29H25N5O3S/c1-18-8-11-21(14-19(18)2)34-27-25(16-30-34)28(36)33-22(17-38-29(33)32-27)15-26(35)31-20-9-12-24(13-10-20)37-23-6-4-3-5-7-23/h3-14,16,22H,15,17H2,1-2H3,(H,31,35). The summed E-state index contributed by atoms with van der Waals surface area (Å²) in [5.74, 6) is 1.86. The van der Waals surface area contributed by atoms with Gasteiger partial charge in [-0.1, -0.05) is 36.0 Å². The van der Waals surface area contributed by atoms with Crippen LogP contribution in [0.25, 0.3) is 16.7 Å². The maximum absolute atomic E-state index is 13.4. The van der Waals surface area contributed by atoms with E-state index in [-0.39, 0.29) is 23.9 Å². The second kappa shape index (κ2) is 9.83. The third-order valence-electron chi connectivity index (χ3n) is 6.64. The van der Waals surface area contributed by atoms with Crippen molar-refractivity contribution in [3.8, 4) is 17.2 Å². The molecule has 38 heavy (non-hydrogen) atoms. The Kier molecular flexibility index (Phi) is 6.21. The second-order valence-electron chi connectivity index (χ2n) is 9.29. The van der Waals surface area contributed by atoms with Gasteiger partial charge < -0.3 is 10.1 Å². The van der Waals surface area contributed by atoms with E-state index in [0.29, 0.717) is 33.4 Å². The number of carbonyl (C=O) groups excluding carboxylic acids is 1. The zero-order chi connectivity index (χ0) is 26.2. The van der Waals surface area contributed by atoms with Crippen LogP contribution >= 0.6 is 11.8 Å². The van der Waals surface area contributed by atoms with Crippen molar-refractivity contribution in [3.63, 3.8) is 0 Å². The zero-order valence-corrected chi connectivity index (χ0v) is 21.7. The van der Waals surface area contributed by atoms with Gasteiger partial charge in [0.2, 0.25) is 5.91 Å². The van der Waals surface area contributed by atoms with Gasteiger partial charge in [-0.05, 0) is 73.5 Å². The Morgan fingerprint density at radius 1 is 1.03 bits per heavy atom. The predicted molar refractivity (Wildman–Crippen MR) is 149 cm³/mol. The van der Waals surface area contributed by atoms with Crippen molar-refractivity contribution < 1.29 is 9.53 Å². The van der Waals surface area contributed by atoms with Gasteiger partial charge in [0.1, 0.15) is 16.9 Å². The summed E-state index contributed by atoms with van der Waals surface area (Å²) in [6.45, 7) is 4.10. The number of rotatable bonds is 6. The number of benzene rings is 3. The van der Waals surface area contributed by atoms with Crippen LogP contribution in [-0.2, 0) is 4.79 Å². The molecule has 6 rings (SSSR count). The number of hydrogen-bond acceptors (Lipinski definition) is 6. The van der Waals surface area contributed by atoms with E-state index in [2.05, 4.69) is 17.3 Å². The lowest BCUT2D eigenvalue weighted by molar-refractivity contribution is -0.116. The average Bonchev–Trinajstić information content (AvgIpc) is 3.52. The van der Waals surface area contributed by atoms with Crippen LogP contribution < -0.4 is 15.6 Å². The molecule has 1 aliphatic heterocycles. The maximum Gasteiger partial charge on any atom is 0.265 e. The van der Waals surface area contributed by atoms with Crippen LogP contribution in [0.5, 0.6) is 11.5 Å². The van der Waals surface area contributed by atoms with E-state index < -0.39 is 0 Å². The smallest absolute Gasteiger partial charge is 0.265 e. The van der Waals surface area contributed by atoms with E-state index in [4.69, 9.17) is 9.72 Å². The zero-order valence-electron chi connectivity index (χ0n) is 20.9. The summed E-state index contributed by atoms with van der Waals surface area (Å²) in [4.78, 5) is 31.1. The number of hydrogen-bond donors (Lipinski definition) is 1. The number of anilines is 1. The first-order chi connectivity index (χ1) is 18.5. The number of nitrogens with zero attached hydrogens (tertiary/aromatic N) is 4. The van der Waals surface area contributed by atoms with Crippen LogP contribution in [0.2, 0.25) is 0 Å². The van der Waals surface area contributed by atoms with Crippen LogP contribution in [0, 0.1) is 13.8 Å². The highest BCUT2D eigenvalue weighted by Crippen LogP contribution is 2.34. The second-order valence-corrected chi connectivity index (χ2v) is 10.3. The van der Waals surface area contributed by atoms with E-state index in [1.165, 1.54) is 17.3 Å². The first kappa shape index (κ1) is 24.0. The fourth-order valence-electron chi connectivity index (χ4n) is 4.48. The third-order valence-corrected chi connectivity index (χ3v) is 7.74. The molecule has 0 fully saturated rings. The maximum atomic E-state index is 13.4. The van der Waals surface area contributed by atoms with Crippen LogP contribution in [0.4, 0.5) is 5.69 Å². The van der Waals surface area contributed by atoms with Crippen LogP contribution in [0.15, 0.2) is 88.9 Å². The van der Waals surface area contributed by atoms with Crippen molar-refractivity contribution in [2.45, 2.75) is 31.5 Å². The molecule has 2 aromatic heterocycles. The van der Waals surface area contributed by atoms with Gasteiger partial charge in [-0.3, -0.25) is 14.2 Å². The molecule has 190 valence electrons. The van der Waals surface area contributed by atoms with Crippen molar-refractivity contribution in [1.29, 1.82) is 0 Å². The Labute approximate surface area is 223 Å². The van der Waals surface area contributed by atoms with Gasteiger partial charge in [0, 0.05) is 17.9 Å². The van der Waals surface area contributed by atoms with Crippen LogP contribution in [0.1, 0.15) is 23.6 Å². The fourth-order valence-corrected chi connectivity index (χ4v) is 5.61. The molecule has 3 heterocycles. The Bertz CT molecular complexity index is 1710. The van der Waals surface area contributed by atoms with Gasteiger partial charge in [-0.25, -0.2) is 9.67 Å². The minimum atomic E-state index is -0.287. The summed E-state index contributed by atoms with van der Waals surface area (Å²) >= 11 is 1.48. The van der Waals surface area contributed by atoms with E-state index in [0.717, 1.165) is 17.0 Å². The van der Waals surface area contributed by atoms with E-state index in [9.17, 15) is 9.59 Å². The van der Waals surface area contributed by atoms with Gasteiger partial charge >= 0.3 is 0 Å². The van der Waals surface area contributed by atoms with E-state index in [1.807, 2.05) is 67.6 Å². The lowest BCUT2D eigenvalue weighted by Gasteiger charge is -2.14. The molecule has 5 aromatic rings. The summed E-state index contributed by atoms with van der Waals surface area (Å²) in [5.41, 5.74) is 4.20. The molecule has 1 aliphatic rings. The van der Waals surface area contributed by atoms with Crippen LogP contribution in [0.3, 0.4) is 0 Å². The lowest BCUT2D eigenvalue weighted by Crippen LogP contribution is -2.27. The number of amides is 1. The van der Waals surface area contributed by atoms with Crippen molar-refractivity contribution in [3.05, 3.63) is 100 Å². The SMILES string of the molecule is Cc1ccc(-n2ncc3c(=O)n4c(nc32)SCC4CC(=O)Nc2ccc(Oc3ccccc3)cc2)cc1C. The number of para-hydroxylation sites is 1. The summed E-state index contributed by atoms with van der Waals surface area (Å²) in [5, 5.41) is 8.43. The number of thioether (sulfide) groups is 1. The lowest BCUT2D eigenvalue weighted by atomic mass is 10.1. The van der Waals surface area contributed by atoms with Crippen molar-refractivity contribution in [2.24, 2.45) is 0 Å². The predicted octanol–water partition coefficient (Wildman–Crippen LogP) is 5.67. The molecule has 1 atom stereocenters. The topological polar surface area (TPSA) is 91.0 Å². The molecule has 0 aliphatic carbocycles. The third kappa shape index (κ3) is 4.56. The highest BCUT2D eigenvalue weighted by Gasteiger charge is 2.29. The van der Waals surface area contributed by atoms with E-state index >= 15 is 0 Å². The molecular formula is C29H25N5O3S. The monoisotopic (exact) mass is 523 g/mol. The molecule has 8 nitrogen and oxygen atoms in total. The Hall–Kier alpha value is -4.37. The van der Waals surface area contributed by atoms with Crippen LogP contribution in [-0.4, -0.2) is 31.0 Å². The summed E-state index contributed by atoms with van der Waals surface area (Å²) < 4.78 is 9.15. The molecule has 1 amide bonds. The summed E-state index contributed by atoms with van der Waals surface area (Å²) in [6, 6.07) is 22.5. The number of ether oxygens (including phenoxy) is 1. The Morgan fingerprint density at radius 2 is 1.79 bits per heavy atom. The number of nitrogens with one attached hydrogen (secondary N) is 1. The molecule has 0 saturated heterocycles. The Morgan fingerprint density at radius 3 is 2.55 bits per heavy atom. The molecule has 0 spiro atoms. The molecule has 3 aromatic carbocycles. The van der Waals surface area contributed by atoms with Gasteiger partial charge in [0.25, 0.3) is 5.56 Å². The summed E-state index contributed by atoms with van der Waals surface area (Å²) in [7, 11) is 0. The molecule has 9 heteroatoms.